The van der Waals surface area contributed by atoms with Gasteiger partial charge in [0.2, 0.25) is 5.91 Å². The van der Waals surface area contributed by atoms with Crippen LogP contribution in [0.25, 0.3) is 0 Å². The maximum absolute atomic E-state index is 12.5. The van der Waals surface area contributed by atoms with Crippen LogP contribution in [-0.4, -0.2) is 43.6 Å². The van der Waals surface area contributed by atoms with Crippen molar-refractivity contribution >= 4 is 29.2 Å². The molecule has 0 unspecified atom stereocenters. The van der Waals surface area contributed by atoms with Gasteiger partial charge in [-0.3, -0.25) is 4.79 Å². The lowest BCUT2D eigenvalue weighted by atomic mass is 9.85. The lowest BCUT2D eigenvalue weighted by molar-refractivity contribution is -0.133. The van der Waals surface area contributed by atoms with Gasteiger partial charge in [-0.25, -0.2) is 4.79 Å². The molecule has 2 aromatic carbocycles. The van der Waals surface area contributed by atoms with Gasteiger partial charge in [0.15, 0.2) is 0 Å². The third kappa shape index (κ3) is 4.71. The molecule has 2 N–H and O–H groups in total. The van der Waals surface area contributed by atoms with E-state index in [1.807, 2.05) is 24.3 Å². The van der Waals surface area contributed by atoms with E-state index in [0.29, 0.717) is 23.7 Å². The fourth-order valence-corrected chi connectivity index (χ4v) is 3.35. The lowest BCUT2D eigenvalue weighted by Gasteiger charge is -2.37. The second-order valence-corrected chi connectivity index (χ2v) is 7.01. The monoisotopic (exact) mass is 387 g/mol. The first-order valence-corrected chi connectivity index (χ1v) is 9.05. The number of carbonyl (C=O) groups excluding carboxylic acids is 2. The molecule has 0 radical (unpaired) electrons. The molecule has 1 heterocycles. The van der Waals surface area contributed by atoms with Crippen molar-refractivity contribution in [3.05, 3.63) is 59.1 Å². The number of rotatable bonds is 4. The first kappa shape index (κ1) is 19.0. The van der Waals surface area contributed by atoms with Gasteiger partial charge in [-0.2, -0.15) is 0 Å². The maximum Gasteiger partial charge on any atom is 0.319 e. The highest BCUT2D eigenvalue weighted by atomic mass is 35.5. The molecule has 27 heavy (non-hydrogen) atoms. The Morgan fingerprint density at radius 1 is 1.15 bits per heavy atom. The summed E-state index contributed by atoms with van der Waals surface area (Å²) in [7, 11) is 3.36. The van der Waals surface area contributed by atoms with E-state index in [2.05, 4.69) is 10.6 Å². The molecular weight excluding hydrogens is 366 g/mol. The third-order valence-corrected chi connectivity index (χ3v) is 4.99. The van der Waals surface area contributed by atoms with Crippen LogP contribution in [0.1, 0.15) is 17.9 Å². The Kier molecular flexibility index (Phi) is 5.86. The van der Waals surface area contributed by atoms with Crippen molar-refractivity contribution in [1.29, 1.82) is 0 Å². The first-order chi connectivity index (χ1) is 13.0. The van der Waals surface area contributed by atoms with Crippen molar-refractivity contribution in [2.45, 2.75) is 18.4 Å². The molecule has 7 heteroatoms. The number of likely N-dealkylation sites (tertiary alicyclic amines) is 1. The average molecular weight is 388 g/mol. The summed E-state index contributed by atoms with van der Waals surface area (Å²) in [5.41, 5.74) is 1.65. The number of anilines is 1. The van der Waals surface area contributed by atoms with Crippen LogP contribution in [0.3, 0.4) is 0 Å². The summed E-state index contributed by atoms with van der Waals surface area (Å²) >= 11 is 5.87. The van der Waals surface area contributed by atoms with Crippen LogP contribution in [0.4, 0.5) is 10.5 Å². The number of halogens is 1. The Morgan fingerprint density at radius 3 is 2.44 bits per heavy atom. The predicted octanol–water partition coefficient (Wildman–Crippen LogP) is 3.48. The maximum atomic E-state index is 12.5. The van der Waals surface area contributed by atoms with E-state index in [9.17, 15) is 9.59 Å². The number of urea groups is 1. The number of benzene rings is 2. The van der Waals surface area contributed by atoms with Crippen LogP contribution >= 0.6 is 11.6 Å². The summed E-state index contributed by atoms with van der Waals surface area (Å²) in [5.74, 6) is 0.713. The molecule has 1 saturated heterocycles. The molecule has 0 spiro atoms. The molecule has 2 aromatic rings. The molecule has 6 nitrogen and oxygen atoms in total. The van der Waals surface area contributed by atoms with Crippen molar-refractivity contribution in [2.24, 2.45) is 0 Å². The van der Waals surface area contributed by atoms with Crippen LogP contribution in [0.5, 0.6) is 5.75 Å². The molecule has 0 bridgehead atoms. The Morgan fingerprint density at radius 2 is 1.81 bits per heavy atom. The summed E-state index contributed by atoms with van der Waals surface area (Å²) in [6.45, 7) is 0.448. The van der Waals surface area contributed by atoms with Crippen molar-refractivity contribution < 1.29 is 14.3 Å². The van der Waals surface area contributed by atoms with Crippen LogP contribution in [-0.2, 0) is 4.79 Å². The first-order valence-electron chi connectivity index (χ1n) is 8.67. The highest BCUT2D eigenvalue weighted by Gasteiger charge is 2.34. The second kappa shape index (κ2) is 8.31. The highest BCUT2D eigenvalue weighted by Crippen LogP contribution is 2.30. The smallest absolute Gasteiger partial charge is 0.319 e. The van der Waals surface area contributed by atoms with E-state index in [1.54, 1.807) is 43.3 Å². The number of nitrogens with zero attached hydrogens (tertiary/aromatic N) is 1. The van der Waals surface area contributed by atoms with Crippen LogP contribution in [0.15, 0.2) is 48.5 Å². The molecule has 0 aromatic heterocycles. The number of hydrogen-bond acceptors (Lipinski definition) is 3. The zero-order valence-electron chi connectivity index (χ0n) is 15.2. The topological polar surface area (TPSA) is 70.7 Å². The van der Waals surface area contributed by atoms with E-state index in [0.717, 1.165) is 11.3 Å². The molecule has 142 valence electrons. The van der Waals surface area contributed by atoms with Gasteiger partial charge in [-0.1, -0.05) is 23.7 Å². The number of carbonyl (C=O) groups is 2. The minimum Gasteiger partial charge on any atom is -0.497 e. The number of hydrogen-bond donors (Lipinski definition) is 2. The van der Waals surface area contributed by atoms with Gasteiger partial charge >= 0.3 is 6.03 Å². The Bertz CT molecular complexity index is 808. The fraction of sp³-hybridized carbons (Fsp3) is 0.300. The minimum absolute atomic E-state index is 0.0620. The van der Waals surface area contributed by atoms with Gasteiger partial charge in [-0.15, -0.1) is 0 Å². The van der Waals surface area contributed by atoms with Gasteiger partial charge in [0, 0.05) is 36.6 Å². The number of piperidine rings is 1. The molecule has 3 rings (SSSR count). The van der Waals surface area contributed by atoms with Crippen LogP contribution in [0, 0.1) is 0 Å². The molecular formula is C20H22ClN3O3. The number of amides is 3. The highest BCUT2D eigenvalue weighted by molar-refractivity contribution is 6.30. The summed E-state index contributed by atoms with van der Waals surface area (Å²) < 4.78 is 5.20. The van der Waals surface area contributed by atoms with E-state index >= 15 is 0 Å². The van der Waals surface area contributed by atoms with Gasteiger partial charge in [-0.05, 0) is 42.0 Å². The number of nitrogens with one attached hydrogen (secondary N) is 2. The second-order valence-electron chi connectivity index (χ2n) is 6.57. The molecule has 1 fully saturated rings. The molecule has 0 aliphatic carbocycles. The summed E-state index contributed by atoms with van der Waals surface area (Å²) in [5, 5.41) is 6.41. The number of likely N-dealkylation sites (N-methyl/N-ethyl adjacent to an activating group) is 1. The van der Waals surface area contributed by atoms with E-state index in [4.69, 9.17) is 16.3 Å². The third-order valence-electron chi connectivity index (χ3n) is 4.74. The van der Waals surface area contributed by atoms with Crippen molar-refractivity contribution in [1.82, 2.24) is 10.2 Å². The largest absolute Gasteiger partial charge is 0.497 e. The van der Waals surface area contributed by atoms with Crippen molar-refractivity contribution in [2.75, 3.05) is 26.0 Å². The van der Waals surface area contributed by atoms with Gasteiger partial charge in [0.25, 0.3) is 0 Å². The van der Waals surface area contributed by atoms with E-state index in [-0.39, 0.29) is 23.9 Å². The summed E-state index contributed by atoms with van der Waals surface area (Å²) in [6, 6.07) is 14.0. The zero-order chi connectivity index (χ0) is 19.4. The van der Waals surface area contributed by atoms with Crippen LogP contribution < -0.4 is 15.4 Å². The van der Waals surface area contributed by atoms with Gasteiger partial charge < -0.3 is 20.3 Å². The normalized spacial score (nSPS) is 19.5. The molecule has 2 atom stereocenters. The predicted molar refractivity (Wildman–Crippen MR) is 105 cm³/mol. The number of methoxy groups -OCH3 is 1. The zero-order valence-corrected chi connectivity index (χ0v) is 16.0. The van der Waals surface area contributed by atoms with E-state index in [1.165, 1.54) is 0 Å². The SMILES string of the molecule is COc1ccc([C@H]2CC(=O)N(C)C[C@@H]2NC(=O)Nc2ccc(Cl)cc2)cc1. The fourth-order valence-electron chi connectivity index (χ4n) is 3.23. The Hall–Kier alpha value is -2.73. The summed E-state index contributed by atoms with van der Waals surface area (Å²) in [4.78, 5) is 26.3. The van der Waals surface area contributed by atoms with Crippen LogP contribution in [0.2, 0.25) is 5.02 Å². The molecule has 0 saturated carbocycles. The van der Waals surface area contributed by atoms with Crippen molar-refractivity contribution in [3.63, 3.8) is 0 Å². The molecule has 3 amide bonds. The minimum atomic E-state index is -0.316. The Labute approximate surface area is 163 Å². The molecule has 1 aliphatic heterocycles. The molecule has 1 aliphatic rings. The average Bonchev–Trinajstić information content (AvgIpc) is 2.66. The Balaban J connectivity index is 1.73. The quantitative estimate of drug-likeness (QED) is 0.843. The van der Waals surface area contributed by atoms with Crippen molar-refractivity contribution in [3.8, 4) is 5.75 Å². The summed E-state index contributed by atoms with van der Waals surface area (Å²) in [6.07, 6.45) is 0.342. The van der Waals surface area contributed by atoms with Gasteiger partial charge in [0.1, 0.15) is 5.75 Å². The van der Waals surface area contributed by atoms with Gasteiger partial charge in [0.05, 0.1) is 13.2 Å². The lowest BCUT2D eigenvalue weighted by Crippen LogP contribution is -2.53. The van der Waals surface area contributed by atoms with E-state index < -0.39 is 0 Å². The number of ether oxygens (including phenoxy) is 1. The standard InChI is InChI=1S/C20H22ClN3O3/c1-24-12-18(23-20(26)22-15-7-5-14(21)6-8-15)17(11-19(24)25)13-3-9-16(27-2)10-4-13/h3-10,17-18H,11-12H2,1-2H3,(H2,22,23,26)/t17-,18+/m1/s1.